The van der Waals surface area contributed by atoms with Gasteiger partial charge in [0.2, 0.25) is 0 Å². The molecule has 4 rings (SSSR count). The highest BCUT2D eigenvalue weighted by atomic mass is 19.2. The molecule has 2 atom stereocenters. The third-order valence-corrected chi connectivity index (χ3v) is 7.15. The molecule has 0 aliphatic heterocycles. The van der Waals surface area contributed by atoms with Crippen LogP contribution in [0.1, 0.15) is 92.4 Å². The summed E-state index contributed by atoms with van der Waals surface area (Å²) < 4.78 is 60.7. The van der Waals surface area contributed by atoms with E-state index in [1.165, 1.54) is 0 Å². The molecule has 0 bridgehead atoms. The summed E-state index contributed by atoms with van der Waals surface area (Å²) in [4.78, 5) is 0. The van der Waals surface area contributed by atoms with Gasteiger partial charge in [-0.15, -0.1) is 6.58 Å². The predicted octanol–water partition coefficient (Wildman–Crippen LogP) is 8.86. The molecule has 2 aliphatic rings. The maximum atomic E-state index is 15.5. The van der Waals surface area contributed by atoms with E-state index < -0.39 is 24.0 Å². The smallest absolute Gasteiger partial charge is 0.164 e. The van der Waals surface area contributed by atoms with Crippen LogP contribution in [0.25, 0.3) is 11.1 Å². The average Bonchev–Trinajstić information content (AvgIpc) is 2.78. The van der Waals surface area contributed by atoms with Crippen molar-refractivity contribution in [3.8, 4) is 11.1 Å². The van der Waals surface area contributed by atoms with Gasteiger partial charge < -0.3 is 0 Å². The Morgan fingerprint density at radius 3 is 2.13 bits per heavy atom. The van der Waals surface area contributed by atoms with Crippen molar-refractivity contribution in [2.45, 2.75) is 76.6 Å². The fraction of sp³-hybridized carbons (Fsp3) is 0.481. The first kappa shape index (κ1) is 22.1. The van der Waals surface area contributed by atoms with Gasteiger partial charge in [-0.1, -0.05) is 43.7 Å². The Kier molecular flexibility index (Phi) is 6.55. The van der Waals surface area contributed by atoms with Crippen molar-refractivity contribution in [3.05, 3.63) is 70.8 Å². The predicted molar refractivity (Wildman–Crippen MR) is 118 cm³/mol. The van der Waals surface area contributed by atoms with Gasteiger partial charge in [0.25, 0.3) is 0 Å². The molecule has 0 nitrogen and oxygen atoms in total. The lowest BCUT2D eigenvalue weighted by atomic mass is 9.75. The van der Waals surface area contributed by atoms with Gasteiger partial charge in [0.1, 0.15) is 11.6 Å². The topological polar surface area (TPSA) is 0 Å². The zero-order valence-electron chi connectivity index (χ0n) is 18.1. The van der Waals surface area contributed by atoms with E-state index in [4.69, 9.17) is 0 Å². The van der Waals surface area contributed by atoms with Crippen LogP contribution < -0.4 is 0 Å². The number of alkyl halides is 2. The number of hydrogen-bond acceptors (Lipinski definition) is 0. The minimum absolute atomic E-state index is 0.0144. The summed E-state index contributed by atoms with van der Waals surface area (Å²) in [5.74, 6) is -0.708. The molecule has 0 saturated heterocycles. The van der Waals surface area contributed by atoms with Crippen molar-refractivity contribution < 1.29 is 17.6 Å². The van der Waals surface area contributed by atoms with E-state index in [-0.39, 0.29) is 28.2 Å². The van der Waals surface area contributed by atoms with Crippen LogP contribution in [0.4, 0.5) is 17.6 Å². The first-order chi connectivity index (χ1) is 15.0. The maximum Gasteiger partial charge on any atom is 0.164 e. The van der Waals surface area contributed by atoms with E-state index in [0.29, 0.717) is 29.9 Å². The summed E-state index contributed by atoms with van der Waals surface area (Å²) in [5.41, 5.74) is 0.897. The summed E-state index contributed by atoms with van der Waals surface area (Å²) in [6.07, 6.45) is 4.49. The largest absolute Gasteiger partial charge is 0.239 e. The molecule has 0 spiro atoms. The third kappa shape index (κ3) is 3.94. The molecule has 0 N–H and O–H groups in total. The standard InChI is InChI=1S/C27H30F4/c1-3-5-7-16-8-10-17(11-9-16)19-14-15-21-20-13-12-18(6-4-2)24(28)22(20)26(30)27(31)23(21)25(19)29/h3,12-17,26-27H,1,4-11H2,2H3. The van der Waals surface area contributed by atoms with Crippen LogP contribution in [0.3, 0.4) is 0 Å². The molecule has 1 saturated carbocycles. The second kappa shape index (κ2) is 9.18. The summed E-state index contributed by atoms with van der Waals surface area (Å²) in [5, 5.41) is 0. The Bertz CT molecular complexity index is 956. The minimum atomic E-state index is -2.20. The molecule has 31 heavy (non-hydrogen) atoms. The zero-order valence-corrected chi connectivity index (χ0v) is 18.1. The van der Waals surface area contributed by atoms with E-state index >= 15 is 13.2 Å². The number of hydrogen-bond donors (Lipinski definition) is 0. The van der Waals surface area contributed by atoms with Crippen LogP contribution in [0.15, 0.2) is 36.9 Å². The van der Waals surface area contributed by atoms with Gasteiger partial charge in [-0.2, -0.15) is 0 Å². The molecule has 2 unspecified atom stereocenters. The van der Waals surface area contributed by atoms with Gasteiger partial charge in [0, 0.05) is 11.1 Å². The molecule has 2 aliphatic carbocycles. The summed E-state index contributed by atoms with van der Waals surface area (Å²) >= 11 is 0. The van der Waals surface area contributed by atoms with Crippen LogP contribution in [0, 0.1) is 17.6 Å². The Morgan fingerprint density at radius 2 is 1.52 bits per heavy atom. The Balaban J connectivity index is 1.68. The summed E-state index contributed by atoms with van der Waals surface area (Å²) in [6, 6.07) is 6.59. The van der Waals surface area contributed by atoms with E-state index in [1.807, 2.05) is 13.0 Å². The van der Waals surface area contributed by atoms with Crippen LogP contribution in [0.2, 0.25) is 0 Å². The lowest BCUT2D eigenvalue weighted by Crippen LogP contribution is -2.19. The SMILES string of the molecule is C=CCCC1CCC(c2ccc3c(c2F)C(F)C(F)c2c-3ccc(CCC)c2F)CC1. The molecular weight excluding hydrogens is 400 g/mol. The molecule has 2 aromatic rings. The van der Waals surface area contributed by atoms with E-state index in [0.717, 1.165) is 38.5 Å². The van der Waals surface area contributed by atoms with Crippen LogP contribution >= 0.6 is 0 Å². The first-order valence-electron chi connectivity index (χ1n) is 11.5. The average molecular weight is 431 g/mol. The maximum absolute atomic E-state index is 15.5. The fourth-order valence-corrected chi connectivity index (χ4v) is 5.44. The number of rotatable bonds is 6. The Hall–Kier alpha value is -2.10. The lowest BCUT2D eigenvalue weighted by molar-refractivity contribution is 0.159. The van der Waals surface area contributed by atoms with E-state index in [1.54, 1.807) is 24.3 Å². The molecule has 1 fully saturated rings. The third-order valence-electron chi connectivity index (χ3n) is 7.15. The quantitative estimate of drug-likeness (QED) is 0.317. The van der Waals surface area contributed by atoms with Gasteiger partial charge >= 0.3 is 0 Å². The fourth-order valence-electron chi connectivity index (χ4n) is 5.44. The van der Waals surface area contributed by atoms with E-state index in [2.05, 4.69) is 6.58 Å². The van der Waals surface area contributed by atoms with Crippen molar-refractivity contribution >= 4 is 0 Å². The monoisotopic (exact) mass is 430 g/mol. The number of allylic oxidation sites excluding steroid dienone is 1. The Morgan fingerprint density at radius 1 is 0.903 bits per heavy atom. The van der Waals surface area contributed by atoms with Gasteiger partial charge in [-0.05, 0) is 79.0 Å². The molecule has 4 heteroatoms. The van der Waals surface area contributed by atoms with Gasteiger partial charge in [0.15, 0.2) is 12.3 Å². The number of aryl methyl sites for hydroxylation is 1. The Labute approximate surface area is 182 Å². The van der Waals surface area contributed by atoms with Crippen molar-refractivity contribution in [3.63, 3.8) is 0 Å². The molecule has 166 valence electrons. The second-order valence-electron chi connectivity index (χ2n) is 9.07. The molecule has 0 heterocycles. The van der Waals surface area contributed by atoms with Gasteiger partial charge in [-0.3, -0.25) is 0 Å². The summed E-state index contributed by atoms with van der Waals surface area (Å²) in [6.45, 7) is 5.68. The van der Waals surface area contributed by atoms with Crippen LogP contribution in [-0.2, 0) is 6.42 Å². The molecule has 0 aromatic heterocycles. The zero-order chi connectivity index (χ0) is 22.1. The number of benzene rings is 2. The van der Waals surface area contributed by atoms with Gasteiger partial charge in [0.05, 0.1) is 0 Å². The highest BCUT2D eigenvalue weighted by Crippen LogP contribution is 2.52. The highest BCUT2D eigenvalue weighted by molar-refractivity contribution is 5.76. The molecule has 0 amide bonds. The van der Waals surface area contributed by atoms with Crippen LogP contribution in [-0.4, -0.2) is 0 Å². The minimum Gasteiger partial charge on any atom is -0.239 e. The second-order valence-corrected chi connectivity index (χ2v) is 9.07. The van der Waals surface area contributed by atoms with Gasteiger partial charge in [-0.25, -0.2) is 17.6 Å². The molecular formula is C27H30F4. The normalized spacial score (nSPS) is 25.1. The lowest BCUT2D eigenvalue weighted by Gasteiger charge is -2.32. The first-order valence-corrected chi connectivity index (χ1v) is 11.5. The van der Waals surface area contributed by atoms with Crippen LogP contribution in [0.5, 0.6) is 0 Å². The molecule has 0 radical (unpaired) electrons. The number of halogens is 4. The summed E-state index contributed by atoms with van der Waals surface area (Å²) in [7, 11) is 0. The highest BCUT2D eigenvalue weighted by Gasteiger charge is 2.40. The van der Waals surface area contributed by atoms with E-state index in [9.17, 15) is 4.39 Å². The van der Waals surface area contributed by atoms with Crippen molar-refractivity contribution in [2.24, 2.45) is 5.92 Å². The molecule has 2 aromatic carbocycles. The van der Waals surface area contributed by atoms with Crippen molar-refractivity contribution in [1.29, 1.82) is 0 Å². The van der Waals surface area contributed by atoms with Crippen molar-refractivity contribution in [2.75, 3.05) is 0 Å². The van der Waals surface area contributed by atoms with Crippen molar-refractivity contribution in [1.82, 2.24) is 0 Å². The number of fused-ring (bicyclic) bond motifs is 3.